The predicted octanol–water partition coefficient (Wildman–Crippen LogP) is 2.15. The van der Waals surface area contributed by atoms with Crippen LogP contribution in [0.1, 0.15) is 13.8 Å². The molecule has 3 aromatic rings. The highest BCUT2D eigenvalue weighted by Gasteiger charge is 2.15. The van der Waals surface area contributed by atoms with E-state index in [0.29, 0.717) is 22.3 Å². The Kier molecular flexibility index (Phi) is 7.51. The molecule has 0 aliphatic carbocycles. The fraction of sp³-hybridized carbons (Fsp3) is 0.286. The van der Waals surface area contributed by atoms with Crippen molar-refractivity contribution in [1.29, 1.82) is 0 Å². The van der Waals surface area contributed by atoms with Crippen LogP contribution in [0.15, 0.2) is 47.9 Å². The summed E-state index contributed by atoms with van der Waals surface area (Å²) in [6.07, 6.45) is 4.26. The SMILES string of the molecule is C=S(=O)(NC(=O)OCC)c1ccc(Nc2ncc(-c3cncn3C)c(N[C@H](C)CO)n2)cc1. The second kappa shape index (κ2) is 10.3. The number of aryl methyl sites for hydroxylation is 1. The number of nitrogens with one attached hydrogen (secondary N) is 3. The van der Waals surface area contributed by atoms with Crippen molar-refractivity contribution in [3.8, 4) is 11.3 Å². The van der Waals surface area contributed by atoms with Gasteiger partial charge in [-0.1, -0.05) is 0 Å². The number of imidazole rings is 1. The molecule has 2 aromatic heterocycles. The van der Waals surface area contributed by atoms with Crippen LogP contribution >= 0.6 is 0 Å². The average molecular weight is 474 g/mol. The molecule has 0 saturated heterocycles. The standard InChI is InChI=1S/C21H27N7O4S/c1-5-32-21(30)27-33(4,31)16-8-6-15(7-9-16)25-20-23-10-17(18-11-22-13-28(18)3)19(26-20)24-14(2)12-29/h6-11,13-14,29H,4-5,12H2,1-3H3,(H,27,30,31)(H2,23,24,25,26)/t14-,33?/m1/s1. The van der Waals surface area contributed by atoms with Crippen molar-refractivity contribution in [3.05, 3.63) is 43.0 Å². The molecule has 4 N–H and O–H groups in total. The molecule has 33 heavy (non-hydrogen) atoms. The second-order valence-electron chi connectivity index (χ2n) is 7.22. The van der Waals surface area contributed by atoms with Gasteiger partial charge in [-0.25, -0.2) is 23.7 Å². The van der Waals surface area contributed by atoms with Gasteiger partial charge in [0.05, 0.1) is 46.7 Å². The molecule has 1 aromatic carbocycles. The number of amides is 1. The molecule has 2 heterocycles. The van der Waals surface area contributed by atoms with Gasteiger partial charge in [0, 0.05) is 29.9 Å². The van der Waals surface area contributed by atoms with Gasteiger partial charge in [-0.15, -0.1) is 0 Å². The van der Waals surface area contributed by atoms with E-state index in [-0.39, 0.29) is 19.3 Å². The van der Waals surface area contributed by atoms with Gasteiger partial charge in [0.25, 0.3) is 0 Å². The van der Waals surface area contributed by atoms with Crippen molar-refractivity contribution in [1.82, 2.24) is 24.2 Å². The van der Waals surface area contributed by atoms with Crippen LogP contribution in [-0.2, 0) is 21.5 Å². The van der Waals surface area contributed by atoms with Gasteiger partial charge in [-0.3, -0.25) is 0 Å². The minimum atomic E-state index is -3.05. The molecule has 3 rings (SSSR count). The lowest BCUT2D eigenvalue weighted by molar-refractivity contribution is 0.159. The van der Waals surface area contributed by atoms with E-state index in [1.54, 1.807) is 49.9 Å². The number of aliphatic hydroxyl groups is 1. The van der Waals surface area contributed by atoms with Crippen LogP contribution < -0.4 is 15.4 Å². The maximum atomic E-state index is 12.7. The van der Waals surface area contributed by atoms with E-state index in [0.717, 1.165) is 11.3 Å². The number of rotatable bonds is 9. The topological polar surface area (TPSA) is 143 Å². The number of aliphatic hydroxyl groups excluding tert-OH is 1. The Morgan fingerprint density at radius 2 is 2.03 bits per heavy atom. The third-order valence-electron chi connectivity index (χ3n) is 4.55. The smallest absolute Gasteiger partial charge is 0.418 e. The zero-order chi connectivity index (χ0) is 24.0. The van der Waals surface area contributed by atoms with Gasteiger partial charge >= 0.3 is 6.09 Å². The van der Waals surface area contributed by atoms with E-state index in [1.165, 1.54) is 0 Å². The summed E-state index contributed by atoms with van der Waals surface area (Å²) in [5, 5.41) is 15.7. The van der Waals surface area contributed by atoms with E-state index in [1.807, 2.05) is 18.5 Å². The number of aromatic nitrogens is 4. The highest BCUT2D eigenvalue weighted by atomic mass is 32.2. The quantitative estimate of drug-likeness (QED) is 0.344. The summed E-state index contributed by atoms with van der Waals surface area (Å²) in [5.41, 5.74) is 2.19. The number of anilines is 3. The number of ether oxygens (including phenoxy) is 1. The van der Waals surface area contributed by atoms with Crippen molar-refractivity contribution < 1.29 is 18.8 Å². The zero-order valence-corrected chi connectivity index (χ0v) is 19.4. The van der Waals surface area contributed by atoms with Gasteiger partial charge < -0.3 is 25.0 Å². The Bertz CT molecular complexity index is 1210. The summed E-state index contributed by atoms with van der Waals surface area (Å²) in [6.45, 7) is 3.59. The minimum Gasteiger partial charge on any atom is -0.449 e. The lowest BCUT2D eigenvalue weighted by atomic mass is 10.2. The van der Waals surface area contributed by atoms with E-state index in [9.17, 15) is 14.1 Å². The van der Waals surface area contributed by atoms with Crippen molar-refractivity contribution >= 4 is 39.1 Å². The molecule has 1 unspecified atom stereocenters. The first-order valence-electron chi connectivity index (χ1n) is 10.1. The highest BCUT2D eigenvalue weighted by molar-refractivity contribution is 7.99. The summed E-state index contributed by atoms with van der Waals surface area (Å²) >= 11 is 0. The Labute approximate surface area is 192 Å². The molecule has 1 amide bonds. The minimum absolute atomic E-state index is 0.0662. The monoisotopic (exact) mass is 473 g/mol. The third-order valence-corrected chi connectivity index (χ3v) is 6.08. The maximum absolute atomic E-state index is 12.7. The molecular formula is C21H27N7O4S. The molecule has 12 heteroatoms. The molecule has 0 aliphatic heterocycles. The number of carbonyl (C=O) groups is 1. The molecule has 0 radical (unpaired) electrons. The maximum Gasteiger partial charge on any atom is 0.418 e. The Balaban J connectivity index is 1.82. The molecule has 0 spiro atoms. The molecule has 0 aliphatic rings. The summed E-state index contributed by atoms with van der Waals surface area (Å²) in [4.78, 5) is 25.0. The predicted molar refractivity (Wildman–Crippen MR) is 128 cm³/mol. The van der Waals surface area contributed by atoms with Crippen molar-refractivity contribution in [2.45, 2.75) is 24.8 Å². The fourth-order valence-electron chi connectivity index (χ4n) is 2.88. The number of hydrogen-bond acceptors (Lipinski definition) is 9. The fourth-order valence-corrected chi connectivity index (χ4v) is 3.90. The lowest BCUT2D eigenvalue weighted by Gasteiger charge is -2.17. The molecule has 176 valence electrons. The van der Waals surface area contributed by atoms with Crippen LogP contribution in [0.3, 0.4) is 0 Å². The second-order valence-corrected chi connectivity index (χ2v) is 9.25. The highest BCUT2D eigenvalue weighted by Crippen LogP contribution is 2.27. The van der Waals surface area contributed by atoms with Crippen molar-refractivity contribution in [2.75, 3.05) is 23.8 Å². The van der Waals surface area contributed by atoms with Crippen molar-refractivity contribution in [3.63, 3.8) is 0 Å². The number of benzene rings is 1. The van der Waals surface area contributed by atoms with Gasteiger partial charge in [0.15, 0.2) is 0 Å². The molecule has 0 bridgehead atoms. The van der Waals surface area contributed by atoms with E-state index >= 15 is 0 Å². The molecule has 2 atom stereocenters. The van der Waals surface area contributed by atoms with E-state index < -0.39 is 15.8 Å². The molecule has 0 fully saturated rings. The normalized spacial score (nSPS) is 13.6. The zero-order valence-electron chi connectivity index (χ0n) is 18.6. The number of nitrogens with zero attached hydrogens (tertiary/aromatic N) is 4. The average Bonchev–Trinajstić information content (AvgIpc) is 3.19. The largest absolute Gasteiger partial charge is 0.449 e. The Morgan fingerprint density at radius 3 is 2.64 bits per heavy atom. The van der Waals surface area contributed by atoms with Crippen LogP contribution in [-0.4, -0.2) is 60.1 Å². The first kappa shape index (κ1) is 24.0. The Hall–Kier alpha value is -3.64. The number of hydrogen-bond donors (Lipinski definition) is 4. The first-order valence-corrected chi connectivity index (χ1v) is 11.9. The van der Waals surface area contributed by atoms with Crippen LogP contribution in [0.5, 0.6) is 0 Å². The molecule has 0 saturated carbocycles. The first-order chi connectivity index (χ1) is 15.7. The van der Waals surface area contributed by atoms with Gasteiger partial charge in [-0.05, 0) is 44.0 Å². The lowest BCUT2D eigenvalue weighted by Crippen LogP contribution is -2.30. The van der Waals surface area contributed by atoms with Gasteiger partial charge in [0.1, 0.15) is 5.82 Å². The van der Waals surface area contributed by atoms with Crippen LogP contribution in [0, 0.1) is 0 Å². The van der Waals surface area contributed by atoms with Gasteiger partial charge in [-0.2, -0.15) is 4.98 Å². The number of carbonyl (C=O) groups excluding carboxylic acids is 1. The summed E-state index contributed by atoms with van der Waals surface area (Å²) in [5.74, 6) is 4.46. The molecular weight excluding hydrogens is 446 g/mol. The van der Waals surface area contributed by atoms with Gasteiger partial charge in [0.2, 0.25) is 5.95 Å². The summed E-state index contributed by atoms with van der Waals surface area (Å²) < 4.78 is 21.6. The van der Waals surface area contributed by atoms with Crippen LogP contribution in [0.2, 0.25) is 0 Å². The Morgan fingerprint density at radius 1 is 1.30 bits per heavy atom. The van der Waals surface area contributed by atoms with E-state index in [2.05, 4.69) is 36.2 Å². The van der Waals surface area contributed by atoms with Crippen molar-refractivity contribution in [2.24, 2.45) is 7.05 Å². The van der Waals surface area contributed by atoms with Crippen LogP contribution in [0.4, 0.5) is 22.2 Å². The summed E-state index contributed by atoms with van der Waals surface area (Å²) in [6, 6.07) is 6.29. The molecule has 11 nitrogen and oxygen atoms in total. The summed E-state index contributed by atoms with van der Waals surface area (Å²) in [7, 11) is -1.19. The third kappa shape index (κ3) is 5.99. The van der Waals surface area contributed by atoms with E-state index in [4.69, 9.17) is 4.74 Å². The van der Waals surface area contributed by atoms with Crippen LogP contribution in [0.25, 0.3) is 11.3 Å².